The molecule has 82 valence electrons. The van der Waals surface area contributed by atoms with E-state index in [0.29, 0.717) is 0 Å². The molecule has 0 unspecified atom stereocenters. The summed E-state index contributed by atoms with van der Waals surface area (Å²) in [6, 6.07) is 0. The predicted octanol–water partition coefficient (Wildman–Crippen LogP) is -7.64. The van der Waals surface area contributed by atoms with Crippen LogP contribution in [0.1, 0.15) is 0 Å². The first-order valence-electron chi connectivity index (χ1n) is 3.23. The Morgan fingerprint density at radius 2 is 0.429 bits per heavy atom. The third-order valence-corrected chi connectivity index (χ3v) is 0.250. The summed E-state index contributed by atoms with van der Waals surface area (Å²) in [7, 11) is 0. The Kier molecular flexibility index (Phi) is 99.6. The minimum atomic E-state index is -0.486. The predicted molar refractivity (Wildman–Crippen MR) is 40.7 cm³/mol. The Bertz CT molecular complexity index is 35.8. The summed E-state index contributed by atoms with van der Waals surface area (Å²) < 4.78 is 0. The van der Waals surface area contributed by atoms with Gasteiger partial charge in [0.2, 0.25) is 0 Å². The second kappa shape index (κ2) is 47.2. The molecule has 0 rings (SSSR count). The zero-order chi connectivity index (χ0) is 10.2. The smallest absolute Gasteiger partial charge is 0.855 e. The SMILES string of the molecule is [O-]CC[O-].[O-]CC[O-].[O-]CC[O-].[Sb+3].[Sb+3]. The summed E-state index contributed by atoms with van der Waals surface area (Å²) in [6.45, 7) is -2.92. The number of rotatable bonds is 3. The van der Waals surface area contributed by atoms with Gasteiger partial charge in [-0.05, 0) is 0 Å². The Morgan fingerprint density at radius 3 is 0.429 bits per heavy atom. The normalized spacial score (nSPS) is 6.43. The fraction of sp³-hybridized carbons (Fsp3) is 1.00. The van der Waals surface area contributed by atoms with Crippen LogP contribution >= 0.6 is 0 Å². The molecule has 0 aromatic carbocycles. The van der Waals surface area contributed by atoms with E-state index in [-0.39, 0.29) is 48.9 Å². The van der Waals surface area contributed by atoms with E-state index < -0.39 is 39.6 Å². The molecule has 0 amide bonds. The molecule has 0 aliphatic rings. The molecule has 8 heteroatoms. The van der Waals surface area contributed by atoms with Gasteiger partial charge < -0.3 is 30.6 Å². The number of hydrogen-bond donors (Lipinski definition) is 0. The van der Waals surface area contributed by atoms with Gasteiger partial charge in [0.1, 0.15) is 0 Å². The van der Waals surface area contributed by atoms with Crippen molar-refractivity contribution in [2.75, 3.05) is 39.6 Å². The maximum absolute atomic E-state index is 8.99. The van der Waals surface area contributed by atoms with Gasteiger partial charge in [-0.15, -0.1) is 0 Å². The summed E-state index contributed by atoms with van der Waals surface area (Å²) in [5.41, 5.74) is 0. The van der Waals surface area contributed by atoms with Crippen LogP contribution in [-0.4, -0.2) is 88.5 Å². The van der Waals surface area contributed by atoms with Crippen molar-refractivity contribution >= 4 is 48.9 Å². The van der Waals surface area contributed by atoms with Gasteiger partial charge in [0, 0.05) is 0 Å². The molecule has 0 heterocycles. The van der Waals surface area contributed by atoms with Gasteiger partial charge in [0.05, 0.1) is 0 Å². The Hall–Kier alpha value is 1.40. The van der Waals surface area contributed by atoms with Crippen LogP contribution in [0.25, 0.3) is 0 Å². The third kappa shape index (κ3) is 107. The molecule has 0 spiro atoms. The van der Waals surface area contributed by atoms with E-state index in [9.17, 15) is 0 Å². The van der Waals surface area contributed by atoms with Crippen LogP contribution in [-0.2, 0) is 0 Å². The summed E-state index contributed by atoms with van der Waals surface area (Å²) in [4.78, 5) is 0. The van der Waals surface area contributed by atoms with Crippen LogP contribution in [0, 0.1) is 0 Å². The summed E-state index contributed by atoms with van der Waals surface area (Å²) in [5, 5.41) is 53.9. The molecule has 0 aromatic heterocycles. The Morgan fingerprint density at radius 1 is 0.357 bits per heavy atom. The second-order valence-electron chi connectivity index (χ2n) is 1.22. The summed E-state index contributed by atoms with van der Waals surface area (Å²) in [5.74, 6) is 0. The Labute approximate surface area is 118 Å². The minimum absolute atomic E-state index is 0. The Balaban J connectivity index is -0.0000000270. The first-order chi connectivity index (χ1) is 5.74. The van der Waals surface area contributed by atoms with Crippen LogP contribution in [0.5, 0.6) is 0 Å². The average molecular weight is 424 g/mol. The molecule has 0 saturated carbocycles. The summed E-state index contributed by atoms with van der Waals surface area (Å²) in [6.07, 6.45) is 0. The quantitative estimate of drug-likeness (QED) is 0.413. The van der Waals surface area contributed by atoms with Gasteiger partial charge in [0.25, 0.3) is 0 Å². The first-order valence-corrected chi connectivity index (χ1v) is 3.23. The largest absolute Gasteiger partial charge is 3.00 e. The van der Waals surface area contributed by atoms with Crippen molar-refractivity contribution in [3.05, 3.63) is 0 Å². The molecule has 0 N–H and O–H groups in total. The van der Waals surface area contributed by atoms with Crippen LogP contribution in [0.3, 0.4) is 0 Å². The van der Waals surface area contributed by atoms with E-state index in [1.807, 2.05) is 0 Å². The maximum Gasteiger partial charge on any atom is 3.00 e. The van der Waals surface area contributed by atoms with Crippen molar-refractivity contribution < 1.29 is 30.6 Å². The van der Waals surface area contributed by atoms with Gasteiger partial charge in [-0.3, -0.25) is 0 Å². The molecule has 4 radical (unpaired) electrons. The molecule has 0 aromatic rings. The van der Waals surface area contributed by atoms with Crippen molar-refractivity contribution in [3.63, 3.8) is 0 Å². The molecular weight excluding hydrogens is 412 g/mol. The molecule has 14 heavy (non-hydrogen) atoms. The molecule has 0 bridgehead atoms. The average Bonchev–Trinajstić information content (AvgIpc) is 2.18. The van der Waals surface area contributed by atoms with Crippen molar-refractivity contribution in [3.8, 4) is 0 Å². The van der Waals surface area contributed by atoms with E-state index in [4.69, 9.17) is 30.6 Å². The number of hydrogen-bond acceptors (Lipinski definition) is 6. The maximum atomic E-state index is 8.99. The van der Waals surface area contributed by atoms with Crippen molar-refractivity contribution in [1.29, 1.82) is 0 Å². The molecule has 6 nitrogen and oxygen atoms in total. The molecule has 0 aliphatic heterocycles. The molecular formula is C6H12O6Sb2. The fourth-order valence-corrected chi connectivity index (χ4v) is 0. The summed E-state index contributed by atoms with van der Waals surface area (Å²) >= 11 is 0. The van der Waals surface area contributed by atoms with Crippen molar-refractivity contribution in [2.45, 2.75) is 0 Å². The monoisotopic (exact) mass is 422 g/mol. The van der Waals surface area contributed by atoms with E-state index in [0.717, 1.165) is 0 Å². The van der Waals surface area contributed by atoms with Gasteiger partial charge in [-0.25, -0.2) is 0 Å². The second-order valence-corrected chi connectivity index (χ2v) is 1.22. The molecule has 0 saturated heterocycles. The van der Waals surface area contributed by atoms with Gasteiger partial charge in [0.15, 0.2) is 0 Å². The van der Waals surface area contributed by atoms with E-state index >= 15 is 0 Å². The third-order valence-electron chi connectivity index (χ3n) is 0.250. The molecule has 0 atom stereocenters. The van der Waals surface area contributed by atoms with Gasteiger partial charge >= 0.3 is 48.9 Å². The minimum Gasteiger partial charge on any atom is -0.855 e. The van der Waals surface area contributed by atoms with Crippen LogP contribution in [0.15, 0.2) is 0 Å². The zero-order valence-corrected chi connectivity index (χ0v) is 12.7. The van der Waals surface area contributed by atoms with E-state index in [1.165, 1.54) is 0 Å². The van der Waals surface area contributed by atoms with Crippen LogP contribution in [0.2, 0.25) is 0 Å². The van der Waals surface area contributed by atoms with Gasteiger partial charge in [-0.2, -0.15) is 39.6 Å². The standard InChI is InChI=1S/3C2H4O2.2Sb/c3*3-1-2-4;;/h3*1-2H2;;/q3*-2;2*+3. The van der Waals surface area contributed by atoms with Gasteiger partial charge in [-0.1, -0.05) is 0 Å². The van der Waals surface area contributed by atoms with Crippen LogP contribution < -0.4 is 30.6 Å². The van der Waals surface area contributed by atoms with E-state index in [1.54, 1.807) is 0 Å². The topological polar surface area (TPSA) is 138 Å². The molecule has 0 aliphatic carbocycles. The van der Waals surface area contributed by atoms with Crippen molar-refractivity contribution in [2.24, 2.45) is 0 Å². The fourth-order valence-electron chi connectivity index (χ4n) is 0. The van der Waals surface area contributed by atoms with E-state index in [2.05, 4.69) is 0 Å². The molecule has 0 fully saturated rings. The first kappa shape index (κ1) is 29.5. The zero-order valence-electron chi connectivity index (χ0n) is 7.59. The van der Waals surface area contributed by atoms with Crippen molar-refractivity contribution in [1.82, 2.24) is 0 Å². The van der Waals surface area contributed by atoms with Crippen LogP contribution in [0.4, 0.5) is 0 Å².